The van der Waals surface area contributed by atoms with Crippen molar-refractivity contribution in [2.75, 3.05) is 4.72 Å². The van der Waals surface area contributed by atoms with Crippen LogP contribution in [0.5, 0.6) is 0 Å². The number of hydrogen-bond donors (Lipinski definition) is 1. The Morgan fingerprint density at radius 2 is 1.65 bits per heavy atom. The number of rotatable bonds is 3. The van der Waals surface area contributed by atoms with E-state index in [1.54, 1.807) is 12.1 Å². The third-order valence-electron chi connectivity index (χ3n) is 3.62. The molecule has 0 fully saturated rings. The van der Waals surface area contributed by atoms with Crippen LogP contribution in [0.3, 0.4) is 0 Å². The second-order valence-electron chi connectivity index (χ2n) is 6.69. The summed E-state index contributed by atoms with van der Waals surface area (Å²) in [6, 6.07) is 7.31. The maximum absolute atomic E-state index is 13.8. The van der Waals surface area contributed by atoms with Crippen LogP contribution in [-0.2, 0) is 21.6 Å². The standard InChI is InChI=1S/C17H16F4INO2S/c1-16(2,3)10-5-4-6-11(7-10)26(24,25)23-15-9-13(18)12(8-14(15)22)17(19,20)21/h4-9,23H,1-3H3. The largest absolute Gasteiger partial charge is 0.419 e. The lowest BCUT2D eigenvalue weighted by Crippen LogP contribution is -2.17. The molecule has 0 bridgehead atoms. The van der Waals surface area contributed by atoms with E-state index in [-0.39, 0.29) is 19.6 Å². The smallest absolute Gasteiger partial charge is 0.278 e. The summed E-state index contributed by atoms with van der Waals surface area (Å²) in [4.78, 5) is -0.0546. The number of nitrogens with one attached hydrogen (secondary N) is 1. The van der Waals surface area contributed by atoms with Crippen molar-refractivity contribution in [3.8, 4) is 0 Å². The number of sulfonamides is 1. The lowest BCUT2D eigenvalue weighted by Gasteiger charge is -2.20. The molecule has 2 rings (SSSR count). The van der Waals surface area contributed by atoms with Gasteiger partial charge in [-0.1, -0.05) is 32.9 Å². The zero-order chi connectivity index (χ0) is 19.9. The molecule has 0 saturated carbocycles. The van der Waals surface area contributed by atoms with Crippen molar-refractivity contribution in [3.05, 3.63) is 56.9 Å². The molecule has 0 aliphatic carbocycles. The van der Waals surface area contributed by atoms with E-state index in [1.165, 1.54) is 34.7 Å². The second kappa shape index (κ2) is 6.99. The van der Waals surface area contributed by atoms with Crippen molar-refractivity contribution in [2.45, 2.75) is 37.3 Å². The monoisotopic (exact) mass is 501 g/mol. The van der Waals surface area contributed by atoms with Crippen LogP contribution < -0.4 is 4.72 Å². The van der Waals surface area contributed by atoms with Crippen LogP contribution in [0.15, 0.2) is 41.3 Å². The zero-order valence-corrected chi connectivity index (χ0v) is 17.1. The van der Waals surface area contributed by atoms with Gasteiger partial charge < -0.3 is 0 Å². The lowest BCUT2D eigenvalue weighted by molar-refractivity contribution is -0.140. The minimum Gasteiger partial charge on any atom is -0.278 e. The summed E-state index contributed by atoms with van der Waals surface area (Å²) in [6.07, 6.45) is -4.86. The van der Waals surface area contributed by atoms with Gasteiger partial charge in [0.2, 0.25) is 0 Å². The Hall–Kier alpha value is -1.36. The van der Waals surface area contributed by atoms with Gasteiger partial charge in [0.15, 0.2) is 0 Å². The van der Waals surface area contributed by atoms with Gasteiger partial charge in [0.25, 0.3) is 10.0 Å². The quantitative estimate of drug-likeness (QED) is 0.443. The number of alkyl halides is 3. The third-order valence-corrected chi connectivity index (χ3v) is 5.87. The molecule has 9 heteroatoms. The summed E-state index contributed by atoms with van der Waals surface area (Å²) in [7, 11) is -4.09. The zero-order valence-electron chi connectivity index (χ0n) is 14.1. The first-order valence-corrected chi connectivity index (χ1v) is 9.97. The number of halogens is 5. The molecule has 0 amide bonds. The van der Waals surface area contributed by atoms with Crippen molar-refractivity contribution in [2.24, 2.45) is 0 Å². The molecular formula is C17H16F4INO2S. The molecule has 26 heavy (non-hydrogen) atoms. The Bertz CT molecular complexity index is 935. The maximum atomic E-state index is 13.8. The summed E-state index contributed by atoms with van der Waals surface area (Å²) < 4.78 is 79.2. The molecule has 0 atom stereocenters. The summed E-state index contributed by atoms with van der Waals surface area (Å²) in [5, 5.41) is 0. The average Bonchev–Trinajstić information content (AvgIpc) is 2.48. The van der Waals surface area contributed by atoms with E-state index >= 15 is 0 Å². The first-order chi connectivity index (χ1) is 11.7. The number of anilines is 1. The van der Waals surface area contributed by atoms with Gasteiger partial charge in [-0.05, 0) is 57.8 Å². The molecule has 0 aliphatic rings. The fourth-order valence-corrected chi connectivity index (χ4v) is 4.08. The van der Waals surface area contributed by atoms with Crippen molar-refractivity contribution in [1.82, 2.24) is 0 Å². The minimum absolute atomic E-state index is 0.0546. The molecule has 0 unspecified atom stereocenters. The highest BCUT2D eigenvalue weighted by Crippen LogP contribution is 2.35. The normalized spacial score (nSPS) is 12.9. The lowest BCUT2D eigenvalue weighted by atomic mass is 9.87. The topological polar surface area (TPSA) is 46.2 Å². The SMILES string of the molecule is CC(C)(C)c1cccc(S(=O)(=O)Nc2cc(F)c(C(F)(F)F)cc2I)c1. The molecule has 0 radical (unpaired) electrons. The third kappa shape index (κ3) is 4.67. The Kier molecular flexibility index (Phi) is 5.63. The molecule has 2 aromatic rings. The maximum Gasteiger partial charge on any atom is 0.419 e. The Balaban J connectivity index is 2.44. The van der Waals surface area contributed by atoms with Gasteiger partial charge in [-0.3, -0.25) is 4.72 Å². The highest BCUT2D eigenvalue weighted by Gasteiger charge is 2.35. The highest BCUT2D eigenvalue weighted by atomic mass is 127. The van der Waals surface area contributed by atoms with Crippen molar-refractivity contribution < 1.29 is 26.0 Å². The number of hydrogen-bond acceptors (Lipinski definition) is 2. The van der Waals surface area contributed by atoms with Crippen LogP contribution in [-0.4, -0.2) is 8.42 Å². The Labute approximate surface area is 163 Å². The number of benzene rings is 2. The van der Waals surface area contributed by atoms with Gasteiger partial charge in [0.1, 0.15) is 5.82 Å². The van der Waals surface area contributed by atoms with Crippen molar-refractivity contribution >= 4 is 38.3 Å². The molecule has 1 N–H and O–H groups in total. The molecule has 0 aliphatic heterocycles. The molecule has 2 aromatic carbocycles. The van der Waals surface area contributed by atoms with Crippen molar-refractivity contribution in [3.63, 3.8) is 0 Å². The van der Waals surface area contributed by atoms with Crippen LogP contribution in [0.2, 0.25) is 0 Å². The van der Waals surface area contributed by atoms with Crippen LogP contribution >= 0.6 is 22.6 Å². The van der Waals surface area contributed by atoms with Crippen LogP contribution in [0, 0.1) is 9.39 Å². The van der Waals surface area contributed by atoms with Crippen LogP contribution in [0.4, 0.5) is 23.2 Å². The van der Waals surface area contributed by atoms with Gasteiger partial charge >= 0.3 is 6.18 Å². The van der Waals surface area contributed by atoms with Crippen molar-refractivity contribution in [1.29, 1.82) is 0 Å². The summed E-state index contributed by atoms with van der Waals surface area (Å²) >= 11 is 1.53. The fourth-order valence-electron chi connectivity index (χ4n) is 2.18. The Morgan fingerprint density at radius 3 is 2.19 bits per heavy atom. The second-order valence-corrected chi connectivity index (χ2v) is 9.54. The fraction of sp³-hybridized carbons (Fsp3) is 0.294. The van der Waals surface area contributed by atoms with E-state index in [2.05, 4.69) is 4.72 Å². The molecule has 0 saturated heterocycles. The predicted octanol–water partition coefficient (Wildman–Crippen LogP) is 5.55. The molecule has 142 valence electrons. The van der Waals surface area contributed by atoms with Gasteiger partial charge in [-0.2, -0.15) is 13.2 Å². The molecular weight excluding hydrogens is 485 g/mol. The van der Waals surface area contributed by atoms with Gasteiger partial charge in [0, 0.05) is 3.57 Å². The molecule has 0 heterocycles. The van der Waals surface area contributed by atoms with E-state index in [0.717, 1.165) is 5.56 Å². The average molecular weight is 501 g/mol. The molecule has 0 spiro atoms. The molecule has 0 aromatic heterocycles. The Morgan fingerprint density at radius 1 is 1.04 bits per heavy atom. The first kappa shape index (κ1) is 20.9. The van der Waals surface area contributed by atoms with Crippen LogP contribution in [0.1, 0.15) is 31.9 Å². The predicted molar refractivity (Wildman–Crippen MR) is 100 cm³/mol. The van der Waals surface area contributed by atoms with Gasteiger partial charge in [-0.25, -0.2) is 12.8 Å². The van der Waals surface area contributed by atoms with E-state index in [1.807, 2.05) is 20.8 Å². The summed E-state index contributed by atoms with van der Waals surface area (Å²) in [5.41, 5.74) is -1.22. The van der Waals surface area contributed by atoms with Gasteiger partial charge in [-0.15, -0.1) is 0 Å². The minimum atomic E-state index is -4.86. The van der Waals surface area contributed by atoms with E-state index in [4.69, 9.17) is 0 Å². The summed E-state index contributed by atoms with van der Waals surface area (Å²) in [5.74, 6) is -1.54. The summed E-state index contributed by atoms with van der Waals surface area (Å²) in [6.45, 7) is 5.75. The first-order valence-electron chi connectivity index (χ1n) is 7.41. The van der Waals surface area contributed by atoms with E-state index < -0.39 is 27.6 Å². The van der Waals surface area contributed by atoms with E-state index in [0.29, 0.717) is 12.1 Å². The van der Waals surface area contributed by atoms with Crippen LogP contribution in [0.25, 0.3) is 0 Å². The van der Waals surface area contributed by atoms with E-state index in [9.17, 15) is 26.0 Å². The molecule has 3 nitrogen and oxygen atoms in total. The van der Waals surface area contributed by atoms with Gasteiger partial charge in [0.05, 0.1) is 16.1 Å². The highest BCUT2D eigenvalue weighted by molar-refractivity contribution is 14.1.